The molecule has 0 aliphatic heterocycles. The van der Waals surface area contributed by atoms with Crippen LogP contribution in [0.3, 0.4) is 0 Å². The van der Waals surface area contributed by atoms with Crippen molar-refractivity contribution in [3.05, 3.63) is 71.8 Å². The van der Waals surface area contributed by atoms with E-state index in [9.17, 15) is 0 Å². The van der Waals surface area contributed by atoms with Crippen LogP contribution < -0.4 is 0 Å². The Morgan fingerprint density at radius 3 is 2.38 bits per heavy atom. The van der Waals surface area contributed by atoms with Crippen molar-refractivity contribution < 1.29 is 0 Å². The second kappa shape index (κ2) is 9.55. The molecule has 1 aliphatic carbocycles. The van der Waals surface area contributed by atoms with E-state index >= 15 is 0 Å². The number of rotatable bonds is 8. The number of allylic oxidation sites excluding steroid dienone is 6. The van der Waals surface area contributed by atoms with Crippen LogP contribution in [0.25, 0.3) is 0 Å². The third kappa shape index (κ3) is 6.43. The normalized spacial score (nSPS) is 17.7. The van der Waals surface area contributed by atoms with Crippen LogP contribution in [0.4, 0.5) is 0 Å². The molecule has 0 N–H and O–H groups in total. The zero-order valence-corrected chi connectivity index (χ0v) is 18.6. The fraction of sp³-hybridized carbons (Fsp3) is 0.520. The van der Waals surface area contributed by atoms with Gasteiger partial charge in [0.05, 0.1) is 8.07 Å². The predicted molar refractivity (Wildman–Crippen MR) is 121 cm³/mol. The van der Waals surface area contributed by atoms with Crippen LogP contribution in [-0.2, 0) is 0 Å². The van der Waals surface area contributed by atoms with Crippen molar-refractivity contribution in [1.82, 2.24) is 0 Å². The largest absolute Gasteiger partial charge is 0.0804 e. The molecule has 0 saturated heterocycles. The van der Waals surface area contributed by atoms with Crippen LogP contribution >= 0.6 is 0 Å². The highest BCUT2D eigenvalue weighted by Crippen LogP contribution is 2.40. The van der Waals surface area contributed by atoms with Gasteiger partial charge in [-0.2, -0.15) is 0 Å². The topological polar surface area (TPSA) is 0 Å². The van der Waals surface area contributed by atoms with Crippen molar-refractivity contribution in [3.8, 4) is 0 Å². The van der Waals surface area contributed by atoms with Gasteiger partial charge in [0, 0.05) is 0 Å². The van der Waals surface area contributed by atoms with Gasteiger partial charge in [-0.05, 0) is 41.4 Å². The lowest BCUT2D eigenvalue weighted by Gasteiger charge is -2.37. The lowest BCUT2D eigenvalue weighted by atomic mass is 9.89. The highest BCUT2D eigenvalue weighted by atomic mass is 28.3. The van der Waals surface area contributed by atoms with Crippen LogP contribution in [0.1, 0.15) is 64.4 Å². The molecular formula is C25H38Si. The van der Waals surface area contributed by atoms with Gasteiger partial charge in [-0.25, -0.2) is 0 Å². The Labute approximate surface area is 163 Å². The Bertz CT molecular complexity index is 626. The Kier molecular flexibility index (Phi) is 7.70. The first-order valence-corrected chi connectivity index (χ1v) is 13.6. The van der Waals surface area contributed by atoms with Crippen molar-refractivity contribution in [1.29, 1.82) is 0 Å². The number of hydrogen-bond donors (Lipinski definition) is 0. The van der Waals surface area contributed by atoms with E-state index in [0.717, 1.165) is 12.8 Å². The zero-order chi connectivity index (χ0) is 19.0. The molecule has 0 bridgehead atoms. The van der Waals surface area contributed by atoms with E-state index in [1.54, 1.807) is 0 Å². The third-order valence-electron chi connectivity index (χ3n) is 6.48. The summed E-state index contributed by atoms with van der Waals surface area (Å²) in [6.07, 6.45) is 17.6. The van der Waals surface area contributed by atoms with E-state index in [4.69, 9.17) is 0 Å². The van der Waals surface area contributed by atoms with Gasteiger partial charge in [-0.15, -0.1) is 0 Å². The first kappa shape index (κ1) is 21.0. The van der Waals surface area contributed by atoms with E-state index in [1.165, 1.54) is 36.4 Å². The molecule has 1 atom stereocenters. The number of unbranched alkanes of at least 4 members (excludes halogenated alkanes) is 1. The summed E-state index contributed by atoms with van der Waals surface area (Å²) in [5.41, 5.74) is 2.97. The first-order chi connectivity index (χ1) is 12.3. The molecule has 1 aliphatic rings. The third-order valence-corrected chi connectivity index (χ3v) is 12.1. The van der Waals surface area contributed by atoms with E-state index in [2.05, 4.69) is 94.6 Å². The molecule has 1 aromatic carbocycles. The molecule has 0 aromatic heterocycles. The molecule has 1 heteroatoms. The SMILES string of the molecule is CC(C)(C)[Si](C)(C)CCCCC(C/C=C1/C=CC=CC1)c1ccccc1. The molecule has 0 spiro atoms. The van der Waals surface area contributed by atoms with Crippen molar-refractivity contribution in [3.63, 3.8) is 0 Å². The summed E-state index contributed by atoms with van der Waals surface area (Å²) in [6.45, 7) is 12.4. The van der Waals surface area contributed by atoms with Gasteiger partial charge >= 0.3 is 0 Å². The van der Waals surface area contributed by atoms with Gasteiger partial charge in [-0.3, -0.25) is 0 Å². The summed E-state index contributed by atoms with van der Waals surface area (Å²) in [5, 5.41) is 0.511. The number of hydrogen-bond acceptors (Lipinski definition) is 0. The maximum absolute atomic E-state index is 2.56. The predicted octanol–water partition coefficient (Wildman–Crippen LogP) is 8.28. The molecule has 2 rings (SSSR count). The average molecular weight is 367 g/mol. The smallest absolute Gasteiger partial charge is 0.0527 e. The van der Waals surface area contributed by atoms with Crippen molar-refractivity contribution >= 4 is 8.07 Å². The summed E-state index contributed by atoms with van der Waals surface area (Å²) >= 11 is 0. The average Bonchev–Trinajstić information content (AvgIpc) is 2.61. The minimum Gasteiger partial charge on any atom is -0.0804 e. The Morgan fingerprint density at radius 2 is 1.77 bits per heavy atom. The van der Waals surface area contributed by atoms with E-state index in [0.29, 0.717) is 11.0 Å². The Hall–Kier alpha value is -1.34. The summed E-state index contributed by atoms with van der Waals surface area (Å²) < 4.78 is 0. The van der Waals surface area contributed by atoms with Gasteiger partial charge in [0.25, 0.3) is 0 Å². The summed E-state index contributed by atoms with van der Waals surface area (Å²) in [4.78, 5) is 0. The van der Waals surface area contributed by atoms with E-state index < -0.39 is 8.07 Å². The second-order valence-electron chi connectivity index (χ2n) is 9.49. The van der Waals surface area contributed by atoms with E-state index in [-0.39, 0.29) is 0 Å². The summed E-state index contributed by atoms with van der Waals surface area (Å²) in [5.74, 6) is 0.655. The van der Waals surface area contributed by atoms with Gasteiger partial charge < -0.3 is 0 Å². The van der Waals surface area contributed by atoms with Gasteiger partial charge in [-0.1, -0.05) is 113 Å². The molecule has 26 heavy (non-hydrogen) atoms. The molecule has 1 aromatic rings. The molecule has 0 amide bonds. The molecule has 1 unspecified atom stereocenters. The quantitative estimate of drug-likeness (QED) is 0.321. The van der Waals surface area contributed by atoms with Crippen molar-refractivity contribution in [2.75, 3.05) is 0 Å². The monoisotopic (exact) mass is 366 g/mol. The standard InChI is InChI=1S/C25H38Si/c1-25(2,3)26(4,5)21-13-12-18-24(23-16-10-7-11-17-23)20-19-22-14-8-6-9-15-22/h6-11,14,16-17,19,24H,12-13,15,18,20-21H2,1-5H3/b22-19-. The van der Waals surface area contributed by atoms with Crippen molar-refractivity contribution in [2.24, 2.45) is 0 Å². The van der Waals surface area contributed by atoms with Crippen LogP contribution in [-0.4, -0.2) is 8.07 Å². The molecule has 0 radical (unpaired) electrons. The molecule has 0 fully saturated rings. The highest BCUT2D eigenvalue weighted by Gasteiger charge is 2.33. The second-order valence-corrected chi connectivity index (χ2v) is 15.3. The van der Waals surface area contributed by atoms with Crippen LogP contribution in [0, 0.1) is 0 Å². The fourth-order valence-electron chi connectivity index (χ4n) is 3.45. The zero-order valence-electron chi connectivity index (χ0n) is 17.6. The number of benzene rings is 1. The van der Waals surface area contributed by atoms with Gasteiger partial charge in [0.2, 0.25) is 0 Å². The fourth-order valence-corrected chi connectivity index (χ4v) is 5.34. The summed E-state index contributed by atoms with van der Waals surface area (Å²) in [7, 11) is -1.13. The Balaban J connectivity index is 1.93. The van der Waals surface area contributed by atoms with Gasteiger partial charge in [0.1, 0.15) is 0 Å². The van der Waals surface area contributed by atoms with Crippen LogP contribution in [0.2, 0.25) is 24.2 Å². The summed E-state index contributed by atoms with van der Waals surface area (Å²) in [6, 6.07) is 12.6. The molecule has 0 saturated carbocycles. The highest BCUT2D eigenvalue weighted by molar-refractivity contribution is 6.80. The molecule has 0 nitrogen and oxygen atoms in total. The lowest BCUT2D eigenvalue weighted by Crippen LogP contribution is -2.36. The minimum absolute atomic E-state index is 0.511. The van der Waals surface area contributed by atoms with Crippen LogP contribution in [0.15, 0.2) is 66.3 Å². The maximum atomic E-state index is 2.56. The molecular weight excluding hydrogens is 328 g/mol. The first-order valence-electron chi connectivity index (χ1n) is 10.4. The maximum Gasteiger partial charge on any atom is 0.0527 e. The van der Waals surface area contributed by atoms with Crippen molar-refractivity contribution in [2.45, 2.75) is 83.0 Å². The van der Waals surface area contributed by atoms with E-state index in [1.807, 2.05) is 0 Å². The minimum atomic E-state index is -1.13. The van der Waals surface area contributed by atoms with Gasteiger partial charge in [0.15, 0.2) is 0 Å². The molecule has 142 valence electrons. The Morgan fingerprint density at radius 1 is 1.04 bits per heavy atom. The lowest BCUT2D eigenvalue weighted by molar-refractivity contribution is 0.582. The molecule has 0 heterocycles. The van der Waals surface area contributed by atoms with Crippen LogP contribution in [0.5, 0.6) is 0 Å².